The molecule has 0 aliphatic carbocycles. The Morgan fingerprint density at radius 3 is 1.44 bits per heavy atom. The fourth-order valence-corrected chi connectivity index (χ4v) is 1.94. The fourth-order valence-electron chi connectivity index (χ4n) is 1.79. The van der Waals surface area contributed by atoms with Crippen LogP contribution in [0.5, 0.6) is 0 Å². The number of aliphatic carboxylic acids is 2. The second-order valence-electron chi connectivity index (χ2n) is 7.61. The molecule has 6 N–H and O–H groups in total. The van der Waals surface area contributed by atoms with Crippen molar-refractivity contribution in [2.75, 3.05) is 19.6 Å². The quantitative estimate of drug-likeness (QED) is 0.110. The molecule has 1 aliphatic rings. The van der Waals surface area contributed by atoms with E-state index in [1.807, 2.05) is 0 Å². The highest BCUT2D eigenvalue weighted by Crippen LogP contribution is 2.12. The maximum atomic E-state index is 11.3. The van der Waals surface area contributed by atoms with E-state index in [2.05, 4.69) is 15.5 Å². The summed E-state index contributed by atoms with van der Waals surface area (Å²) in [5.41, 5.74) is 4.85. The van der Waals surface area contributed by atoms with E-state index in [0.717, 1.165) is 0 Å². The summed E-state index contributed by atoms with van der Waals surface area (Å²) in [6.07, 6.45) is -0.0546. The smallest absolute Gasteiger partial charge is 0.334 e. The van der Waals surface area contributed by atoms with E-state index in [9.17, 15) is 38.4 Å². The molecule has 0 spiro atoms. The van der Waals surface area contributed by atoms with Gasteiger partial charge in [0.1, 0.15) is 16.1 Å². The summed E-state index contributed by atoms with van der Waals surface area (Å²) < 4.78 is 0. The Labute approximate surface area is 256 Å². The van der Waals surface area contributed by atoms with Crippen molar-refractivity contribution in [3.8, 4) is 0 Å². The maximum absolute atomic E-state index is 11.3. The number of carboxylic acid groups (broad SMARTS) is 2. The third-order valence-corrected chi connectivity index (χ3v) is 4.89. The fraction of sp³-hybridized carbons (Fsp3) is 0.636. The van der Waals surface area contributed by atoms with Crippen LogP contribution in [0.25, 0.3) is 0 Å². The van der Waals surface area contributed by atoms with E-state index in [1.165, 1.54) is 20.8 Å². The number of carboxylic acids is 2. The zero-order valence-corrected chi connectivity index (χ0v) is 25.5. The second-order valence-corrected chi connectivity index (χ2v) is 9.94. The first-order valence-electron chi connectivity index (χ1n) is 11.7. The van der Waals surface area contributed by atoms with E-state index in [-0.39, 0.29) is 57.6 Å². The number of halogens is 4. The van der Waals surface area contributed by atoms with Gasteiger partial charge in [-0.3, -0.25) is 33.6 Å². The molecule has 15 nitrogen and oxygen atoms in total. The van der Waals surface area contributed by atoms with Crippen LogP contribution >= 0.6 is 46.4 Å². The van der Waals surface area contributed by atoms with Crippen LogP contribution in [0, 0.1) is 0 Å². The van der Waals surface area contributed by atoms with Crippen LogP contribution < -0.4 is 16.4 Å². The molecule has 1 heterocycles. The molecule has 3 atom stereocenters. The zero-order chi connectivity index (χ0) is 32.7. The number of hydroxylamine groups is 2. The number of rotatable bonds is 12. The summed E-state index contributed by atoms with van der Waals surface area (Å²) in [6, 6.07) is 0. The Kier molecular flexibility index (Phi) is 26.1. The lowest BCUT2D eigenvalue weighted by Gasteiger charge is -2.12. The first-order chi connectivity index (χ1) is 18.9. The summed E-state index contributed by atoms with van der Waals surface area (Å²) >= 11 is 20.9. The van der Waals surface area contributed by atoms with Gasteiger partial charge in [-0.2, -0.15) is 0 Å². The average molecular weight is 672 g/mol. The third kappa shape index (κ3) is 27.2. The van der Waals surface area contributed by atoms with Crippen molar-refractivity contribution in [1.82, 2.24) is 15.7 Å². The number of imide groups is 1. The molecule has 3 unspecified atom stereocenters. The maximum Gasteiger partial charge on any atom is 0.334 e. The predicted octanol–water partition coefficient (Wildman–Crippen LogP) is 0.731. The van der Waals surface area contributed by atoms with E-state index in [4.69, 9.17) is 62.4 Å². The van der Waals surface area contributed by atoms with Crippen molar-refractivity contribution in [1.29, 1.82) is 0 Å². The summed E-state index contributed by atoms with van der Waals surface area (Å²) in [6.45, 7) is 4.94. The van der Waals surface area contributed by atoms with E-state index >= 15 is 0 Å². The van der Waals surface area contributed by atoms with Gasteiger partial charge in [0.05, 0.1) is 19.3 Å². The Morgan fingerprint density at radius 2 is 1.17 bits per heavy atom. The van der Waals surface area contributed by atoms with Gasteiger partial charge in [0.2, 0.25) is 17.1 Å². The topological polar surface area (TPSA) is 240 Å². The minimum absolute atomic E-state index is 0.0327. The molecule has 4 amide bonds. The van der Waals surface area contributed by atoms with Crippen LogP contribution in [-0.2, 0) is 43.2 Å². The predicted molar refractivity (Wildman–Crippen MR) is 148 cm³/mol. The second kappa shape index (κ2) is 25.0. The zero-order valence-electron chi connectivity index (χ0n) is 22.5. The molecular weight excluding hydrogens is 638 g/mol. The van der Waals surface area contributed by atoms with Crippen molar-refractivity contribution >= 4 is 93.2 Å². The Hall–Kier alpha value is -2.72. The summed E-state index contributed by atoms with van der Waals surface area (Å²) in [5, 5.41) is 18.9. The van der Waals surface area contributed by atoms with Crippen molar-refractivity contribution < 1.29 is 53.4 Å². The van der Waals surface area contributed by atoms with Crippen molar-refractivity contribution in [2.24, 2.45) is 5.73 Å². The van der Waals surface area contributed by atoms with Gasteiger partial charge in [-0.25, -0.2) is 4.79 Å². The van der Waals surface area contributed by atoms with E-state index < -0.39 is 57.0 Å². The molecule has 1 aliphatic heterocycles. The molecule has 1 fully saturated rings. The number of carbonyl (C=O) groups is 8. The molecule has 1 rings (SSSR count). The van der Waals surface area contributed by atoms with Gasteiger partial charge in [-0.1, -0.05) is 0 Å². The number of carbonyl (C=O) groups excluding carboxylic acids is 6. The van der Waals surface area contributed by atoms with Crippen LogP contribution in [0.3, 0.4) is 0 Å². The van der Waals surface area contributed by atoms with Crippen LogP contribution in [0.1, 0.15) is 52.9 Å². The largest absolute Gasteiger partial charge is 0.481 e. The minimum Gasteiger partial charge on any atom is -0.481 e. The Balaban J connectivity index is -0.000000533. The Bertz CT molecular complexity index is 887. The first kappa shape index (κ1) is 42.7. The van der Waals surface area contributed by atoms with Gasteiger partial charge in [0.25, 0.3) is 11.8 Å². The summed E-state index contributed by atoms with van der Waals surface area (Å²) in [7, 11) is 0. The molecule has 41 heavy (non-hydrogen) atoms. The summed E-state index contributed by atoms with van der Waals surface area (Å²) in [5.74, 6) is -4.35. The standard InChI is InChI=1S/C10H13ClN2O5.C6H10ClNO3.C3H4Cl2O.C3H7NO2/c1-6(11)10(17)12-5-4-9(16)18-13-7(14)2-3-8(13)15;1-4(7)6(11)8-3-2-5(9)10;1-2(4)3(5)6;4-2-1-3(5)6/h6H,2-5H2,1H3,(H,12,17);4H,2-3H2,1H3,(H,8,11)(H,9,10);2H,1H3;1-2,4H2,(H,5,6). The molecule has 0 radical (unpaired) electrons. The van der Waals surface area contributed by atoms with Crippen molar-refractivity contribution in [2.45, 2.75) is 69.0 Å². The lowest BCUT2D eigenvalue weighted by Crippen LogP contribution is -2.35. The molecule has 19 heteroatoms. The Morgan fingerprint density at radius 1 is 0.805 bits per heavy atom. The first-order valence-corrected chi connectivity index (χ1v) is 13.4. The van der Waals surface area contributed by atoms with Crippen LogP contribution in [0.2, 0.25) is 0 Å². The van der Waals surface area contributed by atoms with Crippen molar-refractivity contribution in [3.63, 3.8) is 0 Å². The van der Waals surface area contributed by atoms with Crippen LogP contribution in [-0.4, -0.2) is 97.8 Å². The van der Waals surface area contributed by atoms with E-state index in [0.29, 0.717) is 5.06 Å². The molecule has 0 saturated carbocycles. The number of alkyl halides is 3. The van der Waals surface area contributed by atoms with E-state index in [1.54, 1.807) is 0 Å². The highest BCUT2D eigenvalue weighted by molar-refractivity contribution is 6.69. The van der Waals surface area contributed by atoms with Crippen LogP contribution in [0.4, 0.5) is 0 Å². The molecule has 0 aromatic heterocycles. The monoisotopic (exact) mass is 670 g/mol. The van der Waals surface area contributed by atoms with Gasteiger partial charge in [0.15, 0.2) is 0 Å². The van der Waals surface area contributed by atoms with Crippen LogP contribution in [0.15, 0.2) is 0 Å². The van der Waals surface area contributed by atoms with Crippen molar-refractivity contribution in [3.05, 3.63) is 0 Å². The van der Waals surface area contributed by atoms with Gasteiger partial charge < -0.3 is 31.4 Å². The van der Waals surface area contributed by atoms with Gasteiger partial charge >= 0.3 is 17.9 Å². The third-order valence-electron chi connectivity index (χ3n) is 3.86. The summed E-state index contributed by atoms with van der Waals surface area (Å²) in [4.78, 5) is 89.2. The molecule has 0 aromatic rings. The highest BCUT2D eigenvalue weighted by Gasteiger charge is 2.32. The number of amides is 4. The minimum atomic E-state index is -0.937. The molecular formula is C22H34Cl4N4O11. The van der Waals surface area contributed by atoms with Gasteiger partial charge in [-0.05, 0) is 32.4 Å². The molecule has 1 saturated heterocycles. The molecule has 0 aromatic carbocycles. The van der Waals surface area contributed by atoms with Gasteiger partial charge in [0, 0.05) is 32.5 Å². The lowest BCUT2D eigenvalue weighted by molar-refractivity contribution is -0.197. The SMILES string of the molecule is CC(Cl)C(=O)Cl.CC(Cl)C(=O)NCCC(=O)O.CC(Cl)C(=O)NCCC(=O)ON1C(=O)CCC1=O.NCCC(=O)O. The highest BCUT2D eigenvalue weighted by atomic mass is 35.5. The number of hydrogen-bond acceptors (Lipinski definition) is 10. The lowest BCUT2D eigenvalue weighted by atomic mass is 10.4. The average Bonchev–Trinajstić information content (AvgIpc) is 3.16. The molecule has 236 valence electrons. The molecule has 0 bridgehead atoms. The number of nitrogens with one attached hydrogen (secondary N) is 2. The normalized spacial score (nSPS) is 13.8. The number of nitrogens with two attached hydrogens (primary N) is 1. The van der Waals surface area contributed by atoms with Gasteiger partial charge in [-0.15, -0.1) is 39.9 Å². The number of nitrogens with zero attached hydrogens (tertiary/aromatic N) is 1. The number of hydrogen-bond donors (Lipinski definition) is 5.